The van der Waals surface area contributed by atoms with Crippen molar-refractivity contribution in [2.45, 2.75) is 6.42 Å². The van der Waals surface area contributed by atoms with Gasteiger partial charge in [0.05, 0.1) is 6.42 Å². The summed E-state index contributed by atoms with van der Waals surface area (Å²) in [7, 11) is 0. The molecule has 0 saturated heterocycles. The lowest BCUT2D eigenvalue weighted by Gasteiger charge is -2.26. The summed E-state index contributed by atoms with van der Waals surface area (Å²) < 4.78 is 0. The normalized spacial score (nSPS) is 13.7. The largest absolute Gasteiger partial charge is 0.325 e. The molecule has 0 unspecified atom stereocenters. The van der Waals surface area contributed by atoms with Gasteiger partial charge in [0, 0.05) is 16.3 Å². The summed E-state index contributed by atoms with van der Waals surface area (Å²) in [5.41, 5.74) is 1.71. The number of rotatable bonds is 3. The molecule has 1 heterocycles. The van der Waals surface area contributed by atoms with Crippen molar-refractivity contribution in [1.82, 2.24) is 4.90 Å². The van der Waals surface area contributed by atoms with E-state index in [4.69, 9.17) is 11.6 Å². The summed E-state index contributed by atoms with van der Waals surface area (Å²) in [4.78, 5) is 37.5. The Balaban J connectivity index is 1.72. The third-order valence-corrected chi connectivity index (χ3v) is 3.82. The molecule has 0 spiro atoms. The number of anilines is 1. The van der Waals surface area contributed by atoms with Gasteiger partial charge in [0.15, 0.2) is 0 Å². The second kappa shape index (κ2) is 6.22. The van der Waals surface area contributed by atoms with Gasteiger partial charge < -0.3 is 5.32 Å². The molecule has 3 rings (SSSR count). The Kier molecular flexibility index (Phi) is 4.12. The summed E-state index contributed by atoms with van der Waals surface area (Å²) in [6.45, 7) is -0.311. The highest BCUT2D eigenvalue weighted by atomic mass is 35.5. The van der Waals surface area contributed by atoms with Crippen molar-refractivity contribution >= 4 is 35.0 Å². The van der Waals surface area contributed by atoms with Gasteiger partial charge in [0.1, 0.15) is 6.54 Å². The fourth-order valence-electron chi connectivity index (χ4n) is 2.44. The van der Waals surface area contributed by atoms with Crippen LogP contribution in [0.25, 0.3) is 0 Å². The first-order valence-corrected chi connectivity index (χ1v) is 7.40. The van der Waals surface area contributed by atoms with Crippen molar-refractivity contribution < 1.29 is 14.4 Å². The minimum absolute atomic E-state index is 0.121. The number of halogens is 1. The number of fused-ring (bicyclic) bond motifs is 1. The SMILES string of the molecule is O=C(CN1C(=O)Cc2ccccc2C1=O)Nc1ccc(Cl)cc1. The minimum atomic E-state index is -0.442. The highest BCUT2D eigenvalue weighted by Gasteiger charge is 2.31. The zero-order valence-electron chi connectivity index (χ0n) is 12.1. The highest BCUT2D eigenvalue weighted by molar-refractivity contribution is 6.30. The third-order valence-electron chi connectivity index (χ3n) is 3.57. The van der Waals surface area contributed by atoms with E-state index < -0.39 is 11.8 Å². The Bertz CT molecular complexity index is 787. The Hall–Kier alpha value is -2.66. The standard InChI is InChI=1S/C17H13ClN2O3/c18-12-5-7-13(8-6-12)19-15(21)10-20-16(22)9-11-3-1-2-4-14(11)17(20)23/h1-8H,9-10H2,(H,19,21). The van der Waals surface area contributed by atoms with Crippen LogP contribution in [0.15, 0.2) is 48.5 Å². The number of carbonyl (C=O) groups excluding carboxylic acids is 3. The van der Waals surface area contributed by atoms with Crippen LogP contribution in [0.1, 0.15) is 15.9 Å². The lowest BCUT2D eigenvalue weighted by atomic mass is 9.98. The Morgan fingerprint density at radius 3 is 2.52 bits per heavy atom. The van der Waals surface area contributed by atoms with Crippen molar-refractivity contribution in [1.29, 1.82) is 0 Å². The van der Waals surface area contributed by atoms with E-state index in [1.165, 1.54) is 0 Å². The van der Waals surface area contributed by atoms with Crippen molar-refractivity contribution in [2.24, 2.45) is 0 Å². The predicted octanol–water partition coefficient (Wildman–Crippen LogP) is 2.50. The van der Waals surface area contributed by atoms with Crippen molar-refractivity contribution in [3.05, 3.63) is 64.7 Å². The first-order valence-electron chi connectivity index (χ1n) is 7.02. The fraction of sp³-hybridized carbons (Fsp3) is 0.118. The summed E-state index contributed by atoms with van der Waals surface area (Å²) in [5.74, 6) is -1.25. The molecule has 0 radical (unpaired) electrons. The topological polar surface area (TPSA) is 66.5 Å². The number of hydrogen-bond donors (Lipinski definition) is 1. The van der Waals surface area contributed by atoms with Gasteiger partial charge in [-0.1, -0.05) is 29.8 Å². The maximum Gasteiger partial charge on any atom is 0.261 e. The lowest BCUT2D eigenvalue weighted by Crippen LogP contribution is -2.46. The molecule has 5 nitrogen and oxygen atoms in total. The molecule has 23 heavy (non-hydrogen) atoms. The number of amides is 3. The fourth-order valence-corrected chi connectivity index (χ4v) is 2.56. The van der Waals surface area contributed by atoms with E-state index in [9.17, 15) is 14.4 Å². The first-order chi connectivity index (χ1) is 11.0. The summed E-state index contributed by atoms with van der Waals surface area (Å²) in [6.07, 6.45) is 0.121. The van der Waals surface area contributed by atoms with E-state index in [2.05, 4.69) is 5.32 Å². The average Bonchev–Trinajstić information content (AvgIpc) is 2.54. The average molecular weight is 329 g/mol. The van der Waals surface area contributed by atoms with E-state index in [0.717, 1.165) is 4.90 Å². The summed E-state index contributed by atoms with van der Waals surface area (Å²) in [6, 6.07) is 13.5. The van der Waals surface area contributed by atoms with Gasteiger partial charge in [-0.05, 0) is 35.9 Å². The number of nitrogens with zero attached hydrogens (tertiary/aromatic N) is 1. The van der Waals surface area contributed by atoms with E-state index >= 15 is 0 Å². The van der Waals surface area contributed by atoms with E-state index in [-0.39, 0.29) is 18.9 Å². The van der Waals surface area contributed by atoms with Crippen molar-refractivity contribution in [3.63, 3.8) is 0 Å². The minimum Gasteiger partial charge on any atom is -0.325 e. The molecule has 116 valence electrons. The summed E-state index contributed by atoms with van der Waals surface area (Å²) >= 11 is 5.78. The molecule has 1 aliphatic rings. The van der Waals surface area contributed by atoms with E-state index in [1.807, 2.05) is 0 Å². The van der Waals surface area contributed by atoms with Gasteiger partial charge in [-0.25, -0.2) is 0 Å². The van der Waals surface area contributed by atoms with E-state index in [0.29, 0.717) is 21.8 Å². The van der Waals surface area contributed by atoms with Crippen LogP contribution in [0, 0.1) is 0 Å². The molecule has 0 aliphatic carbocycles. The number of hydrogen-bond acceptors (Lipinski definition) is 3. The van der Waals surface area contributed by atoms with Crippen LogP contribution in [0.2, 0.25) is 5.02 Å². The highest BCUT2D eigenvalue weighted by Crippen LogP contribution is 2.19. The molecule has 3 amide bonds. The second-order valence-corrected chi connectivity index (χ2v) is 5.61. The first kappa shape index (κ1) is 15.2. The third kappa shape index (κ3) is 3.24. The molecule has 1 aliphatic heterocycles. The molecule has 0 bridgehead atoms. The lowest BCUT2D eigenvalue weighted by molar-refractivity contribution is -0.131. The van der Waals surface area contributed by atoms with Gasteiger partial charge in [-0.2, -0.15) is 0 Å². The summed E-state index contributed by atoms with van der Waals surface area (Å²) in [5, 5.41) is 3.19. The van der Waals surface area contributed by atoms with Gasteiger partial charge >= 0.3 is 0 Å². The number of nitrogens with one attached hydrogen (secondary N) is 1. The van der Waals surface area contributed by atoms with Gasteiger partial charge in [0.25, 0.3) is 5.91 Å². The molecule has 2 aromatic rings. The molecular weight excluding hydrogens is 316 g/mol. The molecule has 0 aromatic heterocycles. The van der Waals surface area contributed by atoms with Crippen molar-refractivity contribution in [3.8, 4) is 0 Å². The van der Waals surface area contributed by atoms with Crippen LogP contribution in [0.3, 0.4) is 0 Å². The van der Waals surface area contributed by atoms with Crippen LogP contribution in [-0.2, 0) is 16.0 Å². The van der Waals surface area contributed by atoms with Crippen LogP contribution >= 0.6 is 11.6 Å². The van der Waals surface area contributed by atoms with Gasteiger partial charge in [0.2, 0.25) is 11.8 Å². The number of carbonyl (C=O) groups is 3. The molecule has 1 N–H and O–H groups in total. The van der Waals surface area contributed by atoms with Crippen molar-refractivity contribution in [2.75, 3.05) is 11.9 Å². The molecule has 6 heteroatoms. The zero-order chi connectivity index (χ0) is 16.4. The molecule has 0 fully saturated rings. The van der Waals surface area contributed by atoms with Gasteiger partial charge in [-0.15, -0.1) is 0 Å². The molecule has 0 saturated carbocycles. The predicted molar refractivity (Wildman–Crippen MR) is 86.3 cm³/mol. The van der Waals surface area contributed by atoms with Gasteiger partial charge in [-0.3, -0.25) is 19.3 Å². The number of benzene rings is 2. The molecule has 0 atom stereocenters. The smallest absolute Gasteiger partial charge is 0.261 e. The Morgan fingerprint density at radius 2 is 1.78 bits per heavy atom. The number of imide groups is 1. The Morgan fingerprint density at radius 1 is 1.09 bits per heavy atom. The van der Waals surface area contributed by atoms with Crippen LogP contribution in [0.4, 0.5) is 5.69 Å². The zero-order valence-corrected chi connectivity index (χ0v) is 12.8. The maximum atomic E-state index is 12.4. The second-order valence-electron chi connectivity index (χ2n) is 5.17. The van der Waals surface area contributed by atoms with Crippen LogP contribution in [-0.4, -0.2) is 29.2 Å². The molecule has 2 aromatic carbocycles. The quantitative estimate of drug-likeness (QED) is 0.880. The van der Waals surface area contributed by atoms with Crippen LogP contribution < -0.4 is 5.32 Å². The monoisotopic (exact) mass is 328 g/mol. The maximum absolute atomic E-state index is 12.4. The van der Waals surface area contributed by atoms with Crippen LogP contribution in [0.5, 0.6) is 0 Å². The Labute approximate surface area is 137 Å². The van der Waals surface area contributed by atoms with E-state index in [1.54, 1.807) is 48.5 Å². The molecular formula is C17H13ClN2O3.